The van der Waals surface area contributed by atoms with E-state index in [4.69, 9.17) is 16.3 Å². The maximum atomic E-state index is 11.7. The largest absolute Gasteiger partial charge is 0.506 e. The fraction of sp³-hybridized carbons (Fsp3) is 0.364. The Bertz CT molecular complexity index is 402. The van der Waals surface area contributed by atoms with Crippen molar-refractivity contribution in [3.8, 4) is 5.75 Å². The molecule has 0 aromatic heterocycles. The number of amides is 1. The number of anilines is 1. The molecule has 0 aliphatic carbocycles. The lowest BCUT2D eigenvalue weighted by atomic mass is 10.2. The van der Waals surface area contributed by atoms with Gasteiger partial charge < -0.3 is 15.2 Å². The number of carbonyl (C=O) groups excluding carboxylic acids is 1. The van der Waals surface area contributed by atoms with Crippen LogP contribution in [0, 0.1) is 0 Å². The van der Waals surface area contributed by atoms with Crippen molar-refractivity contribution in [2.24, 2.45) is 0 Å². The third kappa shape index (κ3) is 2.46. The van der Waals surface area contributed by atoms with Gasteiger partial charge in [0.15, 0.2) is 0 Å². The summed E-state index contributed by atoms with van der Waals surface area (Å²) in [4.78, 5) is 11.7. The molecule has 1 fully saturated rings. The molecule has 1 aromatic rings. The van der Waals surface area contributed by atoms with E-state index in [1.807, 2.05) is 0 Å². The second-order valence-corrected chi connectivity index (χ2v) is 4.09. The summed E-state index contributed by atoms with van der Waals surface area (Å²) in [6, 6.07) is 4.55. The Labute approximate surface area is 98.2 Å². The Morgan fingerprint density at radius 3 is 3.00 bits per heavy atom. The monoisotopic (exact) mass is 241 g/mol. The number of carbonyl (C=O) groups is 1. The molecule has 0 bridgehead atoms. The van der Waals surface area contributed by atoms with Gasteiger partial charge >= 0.3 is 0 Å². The summed E-state index contributed by atoms with van der Waals surface area (Å²) in [6.45, 7) is 0.616. The lowest BCUT2D eigenvalue weighted by Gasteiger charge is -2.11. The van der Waals surface area contributed by atoms with Gasteiger partial charge in [0.25, 0.3) is 5.91 Å². The second kappa shape index (κ2) is 4.72. The van der Waals surface area contributed by atoms with Gasteiger partial charge in [0.05, 0.1) is 5.69 Å². The summed E-state index contributed by atoms with van der Waals surface area (Å²) < 4.78 is 5.23. The molecule has 1 amide bonds. The second-order valence-electron chi connectivity index (χ2n) is 3.65. The van der Waals surface area contributed by atoms with E-state index in [0.29, 0.717) is 17.3 Å². The predicted molar refractivity (Wildman–Crippen MR) is 60.7 cm³/mol. The number of halogens is 1. The molecule has 2 rings (SSSR count). The van der Waals surface area contributed by atoms with E-state index in [1.165, 1.54) is 6.07 Å². The molecule has 0 radical (unpaired) electrons. The van der Waals surface area contributed by atoms with E-state index in [0.717, 1.165) is 12.8 Å². The molecule has 1 atom stereocenters. The van der Waals surface area contributed by atoms with Crippen LogP contribution in [-0.4, -0.2) is 23.7 Å². The maximum absolute atomic E-state index is 11.7. The van der Waals surface area contributed by atoms with Crippen molar-refractivity contribution in [2.75, 3.05) is 11.9 Å². The van der Waals surface area contributed by atoms with Crippen molar-refractivity contribution in [3.05, 3.63) is 23.2 Å². The van der Waals surface area contributed by atoms with E-state index in [2.05, 4.69) is 5.32 Å². The van der Waals surface area contributed by atoms with Gasteiger partial charge in [0.2, 0.25) is 0 Å². The SMILES string of the molecule is O=C(Nc1ccc(Cl)cc1O)[C@H]1CCCO1. The lowest BCUT2D eigenvalue weighted by Crippen LogP contribution is -2.26. The molecule has 1 aliphatic heterocycles. The highest BCUT2D eigenvalue weighted by atomic mass is 35.5. The summed E-state index contributed by atoms with van der Waals surface area (Å²) in [7, 11) is 0. The molecule has 2 N–H and O–H groups in total. The van der Waals surface area contributed by atoms with Gasteiger partial charge in [-0.1, -0.05) is 11.6 Å². The highest BCUT2D eigenvalue weighted by Gasteiger charge is 2.24. The van der Waals surface area contributed by atoms with Crippen molar-refractivity contribution in [1.29, 1.82) is 0 Å². The van der Waals surface area contributed by atoms with Crippen LogP contribution in [0.15, 0.2) is 18.2 Å². The minimum absolute atomic E-state index is 0.0427. The first kappa shape index (κ1) is 11.2. The summed E-state index contributed by atoms with van der Waals surface area (Å²) in [5, 5.41) is 12.6. The topological polar surface area (TPSA) is 58.6 Å². The number of hydrogen-bond acceptors (Lipinski definition) is 3. The number of phenols is 1. The molecule has 5 heteroatoms. The summed E-state index contributed by atoms with van der Waals surface area (Å²) in [5.74, 6) is -0.269. The molecule has 86 valence electrons. The van der Waals surface area contributed by atoms with Crippen LogP contribution in [0.5, 0.6) is 5.75 Å². The summed E-state index contributed by atoms with van der Waals surface area (Å²) in [6.07, 6.45) is 1.21. The Hall–Kier alpha value is -1.26. The molecule has 1 saturated heterocycles. The van der Waals surface area contributed by atoms with E-state index in [9.17, 15) is 9.90 Å². The predicted octanol–water partition coefficient (Wildman–Crippen LogP) is 2.16. The number of nitrogens with one attached hydrogen (secondary N) is 1. The summed E-state index contributed by atoms with van der Waals surface area (Å²) >= 11 is 5.68. The zero-order valence-electron chi connectivity index (χ0n) is 8.57. The molecule has 1 heterocycles. The standard InChI is InChI=1S/C11H12ClNO3/c12-7-3-4-8(9(14)6-7)13-11(15)10-2-1-5-16-10/h3-4,6,10,14H,1-2,5H2,(H,13,15)/t10-/m1/s1. The zero-order chi connectivity index (χ0) is 11.5. The van der Waals surface area contributed by atoms with Crippen molar-refractivity contribution >= 4 is 23.2 Å². The molecule has 1 aliphatic rings. The maximum Gasteiger partial charge on any atom is 0.253 e. The Morgan fingerprint density at radius 2 is 2.38 bits per heavy atom. The summed E-state index contributed by atoms with van der Waals surface area (Å²) in [5.41, 5.74) is 0.352. The highest BCUT2D eigenvalue weighted by Crippen LogP contribution is 2.27. The third-order valence-electron chi connectivity index (χ3n) is 2.44. The van der Waals surface area contributed by atoms with Crippen LogP contribution in [-0.2, 0) is 9.53 Å². The normalized spacial score (nSPS) is 19.7. The molecule has 0 saturated carbocycles. The van der Waals surface area contributed by atoms with Crippen LogP contribution in [0.3, 0.4) is 0 Å². The van der Waals surface area contributed by atoms with E-state index < -0.39 is 6.10 Å². The highest BCUT2D eigenvalue weighted by molar-refractivity contribution is 6.30. The first-order valence-corrected chi connectivity index (χ1v) is 5.45. The average molecular weight is 242 g/mol. The van der Waals surface area contributed by atoms with Gasteiger partial charge in [0.1, 0.15) is 11.9 Å². The fourth-order valence-electron chi connectivity index (χ4n) is 1.61. The minimum Gasteiger partial charge on any atom is -0.506 e. The van der Waals surface area contributed by atoms with Crippen LogP contribution in [0.4, 0.5) is 5.69 Å². The molecule has 0 spiro atoms. The first-order chi connectivity index (χ1) is 7.66. The van der Waals surface area contributed by atoms with E-state index in [-0.39, 0.29) is 11.7 Å². The minimum atomic E-state index is -0.407. The van der Waals surface area contributed by atoms with Crippen LogP contribution in [0.2, 0.25) is 5.02 Å². The number of phenolic OH excluding ortho intramolecular Hbond substituents is 1. The van der Waals surface area contributed by atoms with Crippen molar-refractivity contribution in [1.82, 2.24) is 0 Å². The van der Waals surface area contributed by atoms with Crippen LogP contribution >= 0.6 is 11.6 Å². The Kier molecular flexibility index (Phi) is 3.31. The van der Waals surface area contributed by atoms with Crippen molar-refractivity contribution in [2.45, 2.75) is 18.9 Å². The Morgan fingerprint density at radius 1 is 1.56 bits per heavy atom. The third-order valence-corrected chi connectivity index (χ3v) is 2.67. The van der Waals surface area contributed by atoms with Crippen LogP contribution in [0.25, 0.3) is 0 Å². The van der Waals surface area contributed by atoms with Gasteiger partial charge in [-0.25, -0.2) is 0 Å². The number of ether oxygens (including phenoxy) is 1. The van der Waals surface area contributed by atoms with Crippen molar-refractivity contribution < 1.29 is 14.6 Å². The first-order valence-electron chi connectivity index (χ1n) is 5.08. The van der Waals surface area contributed by atoms with Crippen LogP contribution < -0.4 is 5.32 Å². The van der Waals surface area contributed by atoms with Gasteiger partial charge in [-0.05, 0) is 25.0 Å². The zero-order valence-corrected chi connectivity index (χ0v) is 9.33. The molecular weight excluding hydrogens is 230 g/mol. The smallest absolute Gasteiger partial charge is 0.253 e. The van der Waals surface area contributed by atoms with Gasteiger partial charge in [-0.15, -0.1) is 0 Å². The molecular formula is C11H12ClNO3. The lowest BCUT2D eigenvalue weighted by molar-refractivity contribution is -0.124. The van der Waals surface area contributed by atoms with Gasteiger partial charge in [-0.2, -0.15) is 0 Å². The van der Waals surface area contributed by atoms with Crippen molar-refractivity contribution in [3.63, 3.8) is 0 Å². The number of benzene rings is 1. The quantitative estimate of drug-likeness (QED) is 0.780. The Balaban J connectivity index is 2.05. The average Bonchev–Trinajstić information content (AvgIpc) is 2.75. The van der Waals surface area contributed by atoms with E-state index in [1.54, 1.807) is 12.1 Å². The number of aromatic hydroxyl groups is 1. The number of rotatable bonds is 2. The van der Waals surface area contributed by atoms with Crippen LogP contribution in [0.1, 0.15) is 12.8 Å². The molecule has 0 unspecified atom stereocenters. The van der Waals surface area contributed by atoms with Gasteiger partial charge in [-0.3, -0.25) is 4.79 Å². The molecule has 4 nitrogen and oxygen atoms in total. The molecule has 16 heavy (non-hydrogen) atoms. The van der Waals surface area contributed by atoms with E-state index >= 15 is 0 Å². The fourth-order valence-corrected chi connectivity index (χ4v) is 1.77. The number of hydrogen-bond donors (Lipinski definition) is 2. The molecule has 1 aromatic carbocycles. The van der Waals surface area contributed by atoms with Gasteiger partial charge in [0, 0.05) is 17.7 Å².